The first-order valence-electron chi connectivity index (χ1n) is 9.60. The van der Waals surface area contributed by atoms with Crippen LogP contribution in [0.2, 0.25) is 0 Å². The highest BCUT2D eigenvalue weighted by atomic mass is 16.2. The van der Waals surface area contributed by atoms with Gasteiger partial charge in [-0.15, -0.1) is 0 Å². The second-order valence-corrected chi connectivity index (χ2v) is 7.57. The number of para-hydroxylation sites is 2. The van der Waals surface area contributed by atoms with Gasteiger partial charge in [-0.3, -0.25) is 19.3 Å². The molecule has 7 heteroatoms. The zero-order valence-electron chi connectivity index (χ0n) is 16.5. The lowest BCUT2D eigenvalue weighted by Gasteiger charge is -2.26. The normalized spacial score (nSPS) is 15.7. The van der Waals surface area contributed by atoms with Crippen LogP contribution in [0.15, 0.2) is 48.5 Å². The van der Waals surface area contributed by atoms with Gasteiger partial charge in [-0.1, -0.05) is 38.1 Å². The van der Waals surface area contributed by atoms with Gasteiger partial charge in [0.2, 0.25) is 5.91 Å². The number of aromatic nitrogens is 2. The Morgan fingerprint density at radius 1 is 0.966 bits per heavy atom. The fraction of sp³-hybridized carbons (Fsp3) is 0.273. The Hall–Kier alpha value is -3.48. The summed E-state index contributed by atoms with van der Waals surface area (Å²) in [6, 6.07) is 12.9. The molecular weight excluding hydrogens is 368 g/mol. The molecule has 148 valence electrons. The van der Waals surface area contributed by atoms with Crippen LogP contribution in [0, 0.1) is 5.92 Å². The number of carbonyl (C=O) groups is 3. The summed E-state index contributed by atoms with van der Waals surface area (Å²) >= 11 is 0. The van der Waals surface area contributed by atoms with Crippen molar-refractivity contribution in [1.82, 2.24) is 20.2 Å². The van der Waals surface area contributed by atoms with Crippen LogP contribution < -0.4 is 5.32 Å². The van der Waals surface area contributed by atoms with E-state index < -0.39 is 23.8 Å². The molecule has 2 atom stereocenters. The molecule has 0 bridgehead atoms. The van der Waals surface area contributed by atoms with Crippen molar-refractivity contribution in [3.8, 4) is 0 Å². The first-order chi connectivity index (χ1) is 13.9. The largest absolute Gasteiger partial charge is 0.344 e. The summed E-state index contributed by atoms with van der Waals surface area (Å²) < 4.78 is 0. The molecule has 29 heavy (non-hydrogen) atoms. The van der Waals surface area contributed by atoms with Crippen LogP contribution in [0.5, 0.6) is 0 Å². The summed E-state index contributed by atoms with van der Waals surface area (Å²) in [6.07, 6.45) is 0. The molecule has 2 aromatic carbocycles. The molecule has 0 spiro atoms. The van der Waals surface area contributed by atoms with E-state index in [9.17, 15) is 14.4 Å². The molecular formula is C22H22N4O3. The number of H-pyrrole nitrogens is 1. The summed E-state index contributed by atoms with van der Waals surface area (Å²) in [6.45, 7) is 5.52. The minimum Gasteiger partial charge on any atom is -0.344 e. The number of hydrogen-bond donors (Lipinski definition) is 2. The van der Waals surface area contributed by atoms with E-state index in [1.54, 1.807) is 31.2 Å². The maximum atomic E-state index is 13.0. The second-order valence-electron chi connectivity index (χ2n) is 7.57. The predicted octanol–water partition coefficient (Wildman–Crippen LogP) is 3.06. The van der Waals surface area contributed by atoms with Crippen molar-refractivity contribution in [3.63, 3.8) is 0 Å². The molecule has 1 aliphatic rings. The molecule has 7 nitrogen and oxygen atoms in total. The number of rotatable bonds is 5. The van der Waals surface area contributed by atoms with Crippen LogP contribution in [0.1, 0.15) is 53.4 Å². The topological polar surface area (TPSA) is 95.2 Å². The van der Waals surface area contributed by atoms with Gasteiger partial charge in [0.1, 0.15) is 11.9 Å². The number of carbonyl (C=O) groups excluding carboxylic acids is 3. The third-order valence-corrected chi connectivity index (χ3v) is 5.26. The molecule has 4 rings (SSSR count). The van der Waals surface area contributed by atoms with Crippen LogP contribution >= 0.6 is 0 Å². The Kier molecular flexibility index (Phi) is 4.66. The maximum Gasteiger partial charge on any atom is 0.262 e. The van der Waals surface area contributed by atoms with Crippen LogP contribution in [-0.2, 0) is 4.79 Å². The van der Waals surface area contributed by atoms with Crippen molar-refractivity contribution >= 4 is 28.8 Å². The average Bonchev–Trinajstić information content (AvgIpc) is 3.24. The highest BCUT2D eigenvalue weighted by molar-refractivity contribution is 6.22. The van der Waals surface area contributed by atoms with Gasteiger partial charge >= 0.3 is 0 Å². The lowest BCUT2D eigenvalue weighted by molar-refractivity contribution is -0.125. The Bertz CT molecular complexity index is 1050. The van der Waals surface area contributed by atoms with E-state index in [0.717, 1.165) is 15.9 Å². The van der Waals surface area contributed by atoms with Gasteiger partial charge in [0, 0.05) is 0 Å². The van der Waals surface area contributed by atoms with E-state index in [4.69, 9.17) is 0 Å². The zero-order valence-corrected chi connectivity index (χ0v) is 16.5. The third kappa shape index (κ3) is 3.18. The van der Waals surface area contributed by atoms with Gasteiger partial charge in [0.25, 0.3) is 11.8 Å². The first-order valence-corrected chi connectivity index (χ1v) is 9.60. The summed E-state index contributed by atoms with van der Waals surface area (Å²) in [4.78, 5) is 47.2. The quantitative estimate of drug-likeness (QED) is 0.655. The Morgan fingerprint density at radius 2 is 1.55 bits per heavy atom. The number of benzene rings is 2. The fourth-order valence-corrected chi connectivity index (χ4v) is 3.62. The van der Waals surface area contributed by atoms with Gasteiger partial charge in [-0.05, 0) is 37.1 Å². The highest BCUT2D eigenvalue weighted by Gasteiger charge is 2.41. The predicted molar refractivity (Wildman–Crippen MR) is 108 cm³/mol. The van der Waals surface area contributed by atoms with Gasteiger partial charge in [0.05, 0.1) is 28.2 Å². The zero-order chi connectivity index (χ0) is 20.7. The SMILES string of the molecule is CC(C)C(NC(=O)C(C)N1C(=O)c2ccccc2C1=O)c1nc2ccccc2[nH]1. The lowest BCUT2D eigenvalue weighted by atomic mass is 10.0. The van der Waals surface area contributed by atoms with Crippen molar-refractivity contribution in [2.45, 2.75) is 32.9 Å². The molecule has 3 aromatic rings. The van der Waals surface area contributed by atoms with E-state index in [1.807, 2.05) is 38.1 Å². The standard InChI is InChI=1S/C22H22N4O3/c1-12(2)18(19-23-16-10-6-7-11-17(16)24-19)25-20(27)13(3)26-21(28)14-8-4-5-9-15(14)22(26)29/h4-13,18H,1-3H3,(H,23,24)(H,25,27). The number of imide groups is 1. The molecule has 0 radical (unpaired) electrons. The molecule has 0 fully saturated rings. The molecule has 2 N–H and O–H groups in total. The summed E-state index contributed by atoms with van der Waals surface area (Å²) in [5.41, 5.74) is 2.36. The Morgan fingerprint density at radius 3 is 2.14 bits per heavy atom. The number of imidazole rings is 1. The minimum absolute atomic E-state index is 0.0499. The average molecular weight is 390 g/mol. The number of nitrogens with zero attached hydrogens (tertiary/aromatic N) is 2. The first kappa shape index (κ1) is 18.9. The van der Waals surface area contributed by atoms with Gasteiger partial charge < -0.3 is 10.3 Å². The van der Waals surface area contributed by atoms with Gasteiger partial charge in [-0.2, -0.15) is 0 Å². The van der Waals surface area contributed by atoms with Crippen molar-refractivity contribution in [3.05, 3.63) is 65.5 Å². The van der Waals surface area contributed by atoms with Gasteiger partial charge in [-0.25, -0.2) is 4.98 Å². The minimum atomic E-state index is -0.937. The molecule has 0 saturated carbocycles. The Balaban J connectivity index is 1.57. The van der Waals surface area contributed by atoms with E-state index in [-0.39, 0.29) is 12.0 Å². The molecule has 2 unspecified atom stereocenters. The summed E-state index contributed by atoms with van der Waals surface area (Å²) in [7, 11) is 0. The van der Waals surface area contributed by atoms with Crippen molar-refractivity contribution in [1.29, 1.82) is 0 Å². The summed E-state index contributed by atoms with van der Waals surface area (Å²) in [5.74, 6) is -0.604. The lowest BCUT2D eigenvalue weighted by Crippen LogP contribution is -2.49. The Labute approximate surface area is 168 Å². The van der Waals surface area contributed by atoms with E-state index in [2.05, 4.69) is 15.3 Å². The number of fused-ring (bicyclic) bond motifs is 2. The van der Waals surface area contributed by atoms with E-state index in [0.29, 0.717) is 17.0 Å². The summed E-state index contributed by atoms with van der Waals surface area (Å²) in [5, 5.41) is 2.96. The fourth-order valence-electron chi connectivity index (χ4n) is 3.62. The number of aromatic amines is 1. The molecule has 0 aliphatic carbocycles. The molecule has 0 saturated heterocycles. The van der Waals surface area contributed by atoms with Crippen LogP contribution in [0.3, 0.4) is 0 Å². The number of nitrogens with one attached hydrogen (secondary N) is 2. The van der Waals surface area contributed by atoms with Gasteiger partial charge in [0.15, 0.2) is 0 Å². The van der Waals surface area contributed by atoms with Crippen molar-refractivity contribution in [2.75, 3.05) is 0 Å². The number of amides is 3. The molecule has 3 amide bonds. The third-order valence-electron chi connectivity index (χ3n) is 5.26. The van der Waals surface area contributed by atoms with E-state index >= 15 is 0 Å². The second kappa shape index (κ2) is 7.16. The van der Waals surface area contributed by atoms with E-state index in [1.165, 1.54) is 0 Å². The molecule has 1 aromatic heterocycles. The van der Waals surface area contributed by atoms with Crippen LogP contribution in [-0.4, -0.2) is 38.6 Å². The molecule has 1 aliphatic heterocycles. The maximum absolute atomic E-state index is 13.0. The number of hydrogen-bond acceptors (Lipinski definition) is 4. The smallest absolute Gasteiger partial charge is 0.262 e. The van der Waals surface area contributed by atoms with Crippen molar-refractivity contribution in [2.24, 2.45) is 5.92 Å². The molecule has 2 heterocycles. The van der Waals surface area contributed by atoms with Crippen LogP contribution in [0.4, 0.5) is 0 Å². The van der Waals surface area contributed by atoms with Crippen LogP contribution in [0.25, 0.3) is 11.0 Å². The monoisotopic (exact) mass is 390 g/mol. The highest BCUT2D eigenvalue weighted by Crippen LogP contribution is 2.26. The van der Waals surface area contributed by atoms with Crippen molar-refractivity contribution < 1.29 is 14.4 Å².